The van der Waals surface area contributed by atoms with E-state index in [1.165, 1.54) is 4.88 Å². The highest BCUT2D eigenvalue weighted by atomic mass is 32.1. The van der Waals surface area contributed by atoms with Crippen molar-refractivity contribution in [2.24, 2.45) is 0 Å². The Labute approximate surface area is 106 Å². The van der Waals surface area contributed by atoms with Crippen LogP contribution in [-0.2, 0) is 16.0 Å². The molecule has 1 heterocycles. The number of ether oxygens (including phenoxy) is 1. The number of aryl methyl sites for hydroxylation is 1. The van der Waals surface area contributed by atoms with Crippen molar-refractivity contribution in [3.8, 4) is 0 Å². The molecular formula is C12H20N2O2S. The molecule has 0 saturated heterocycles. The van der Waals surface area contributed by atoms with Gasteiger partial charge in [0.1, 0.15) is 11.0 Å². The molecule has 2 unspecified atom stereocenters. The first-order valence-corrected chi connectivity index (χ1v) is 6.77. The first-order chi connectivity index (χ1) is 8.08. The molecule has 0 amide bonds. The maximum Gasteiger partial charge on any atom is 0.322 e. The van der Waals surface area contributed by atoms with E-state index in [-0.39, 0.29) is 18.1 Å². The van der Waals surface area contributed by atoms with Gasteiger partial charge in [-0.05, 0) is 27.2 Å². The van der Waals surface area contributed by atoms with Gasteiger partial charge in [0.25, 0.3) is 0 Å². The Morgan fingerprint density at radius 1 is 1.53 bits per heavy atom. The second kappa shape index (κ2) is 6.71. The number of hydrogen-bond donors (Lipinski definition) is 1. The van der Waals surface area contributed by atoms with Gasteiger partial charge in [0.15, 0.2) is 0 Å². The van der Waals surface area contributed by atoms with Crippen molar-refractivity contribution in [2.45, 2.75) is 46.2 Å². The van der Waals surface area contributed by atoms with Crippen molar-refractivity contribution in [3.63, 3.8) is 0 Å². The fourth-order valence-corrected chi connectivity index (χ4v) is 2.34. The Bertz CT molecular complexity index is 365. The van der Waals surface area contributed by atoms with Crippen molar-refractivity contribution in [3.05, 3.63) is 16.1 Å². The quantitative estimate of drug-likeness (QED) is 0.794. The summed E-state index contributed by atoms with van der Waals surface area (Å²) in [6.45, 7) is 8.15. The molecule has 5 heteroatoms. The lowest BCUT2D eigenvalue weighted by atomic mass is 10.2. The minimum Gasteiger partial charge on any atom is -0.465 e. The van der Waals surface area contributed by atoms with Gasteiger partial charge in [-0.15, -0.1) is 11.3 Å². The van der Waals surface area contributed by atoms with Gasteiger partial charge in [0.05, 0.1) is 12.6 Å². The summed E-state index contributed by atoms with van der Waals surface area (Å²) in [7, 11) is 0. The molecule has 0 bridgehead atoms. The molecule has 0 aliphatic heterocycles. The van der Waals surface area contributed by atoms with Crippen LogP contribution < -0.4 is 5.32 Å². The van der Waals surface area contributed by atoms with E-state index in [1.807, 2.05) is 27.0 Å². The molecule has 0 aliphatic carbocycles. The number of hydrogen-bond acceptors (Lipinski definition) is 5. The number of esters is 1. The molecule has 0 aromatic carbocycles. The van der Waals surface area contributed by atoms with E-state index in [9.17, 15) is 4.79 Å². The monoisotopic (exact) mass is 256 g/mol. The molecule has 1 aromatic rings. The zero-order valence-corrected chi connectivity index (χ0v) is 11.6. The summed E-state index contributed by atoms with van der Waals surface area (Å²) in [5, 5.41) is 4.20. The molecule has 17 heavy (non-hydrogen) atoms. The molecule has 4 nitrogen and oxygen atoms in total. The third-order valence-electron chi connectivity index (χ3n) is 2.43. The summed E-state index contributed by atoms with van der Waals surface area (Å²) in [6, 6.07) is -0.237. The molecule has 96 valence electrons. The molecular weight excluding hydrogens is 236 g/mol. The highest BCUT2D eigenvalue weighted by Crippen LogP contribution is 2.20. The van der Waals surface area contributed by atoms with Crippen LogP contribution >= 0.6 is 11.3 Å². The largest absolute Gasteiger partial charge is 0.465 e. The van der Waals surface area contributed by atoms with Crippen LogP contribution in [0.15, 0.2) is 6.20 Å². The second-order valence-corrected chi connectivity index (χ2v) is 5.03. The minimum absolute atomic E-state index is 0.0692. The van der Waals surface area contributed by atoms with Crippen molar-refractivity contribution in [1.29, 1.82) is 0 Å². The van der Waals surface area contributed by atoms with Crippen LogP contribution in [0.4, 0.5) is 0 Å². The van der Waals surface area contributed by atoms with E-state index in [2.05, 4.69) is 17.2 Å². The first kappa shape index (κ1) is 14.1. The van der Waals surface area contributed by atoms with E-state index in [0.717, 1.165) is 11.4 Å². The van der Waals surface area contributed by atoms with Gasteiger partial charge in [-0.3, -0.25) is 10.1 Å². The Hall–Kier alpha value is -0.940. The molecule has 0 saturated carbocycles. The molecule has 0 aliphatic rings. The summed E-state index contributed by atoms with van der Waals surface area (Å²) in [5.41, 5.74) is 0. The van der Waals surface area contributed by atoms with Crippen LogP contribution in [0, 0.1) is 0 Å². The zero-order chi connectivity index (χ0) is 12.8. The predicted molar refractivity (Wildman–Crippen MR) is 69.1 cm³/mol. The van der Waals surface area contributed by atoms with Crippen LogP contribution in [0.25, 0.3) is 0 Å². The van der Waals surface area contributed by atoms with Gasteiger partial charge in [-0.1, -0.05) is 6.92 Å². The fourth-order valence-electron chi connectivity index (χ4n) is 1.47. The number of carbonyl (C=O) groups is 1. The van der Waals surface area contributed by atoms with Gasteiger partial charge in [0, 0.05) is 11.1 Å². The second-order valence-electron chi connectivity index (χ2n) is 3.88. The molecule has 1 N–H and O–H groups in total. The average Bonchev–Trinajstić information content (AvgIpc) is 2.77. The summed E-state index contributed by atoms with van der Waals surface area (Å²) in [6.07, 6.45) is 2.89. The lowest BCUT2D eigenvalue weighted by Gasteiger charge is -2.16. The van der Waals surface area contributed by atoms with E-state index in [0.29, 0.717) is 6.61 Å². The van der Waals surface area contributed by atoms with Crippen molar-refractivity contribution in [2.75, 3.05) is 6.61 Å². The van der Waals surface area contributed by atoms with E-state index < -0.39 is 0 Å². The number of nitrogens with zero attached hydrogens (tertiary/aromatic N) is 1. The molecule has 1 aromatic heterocycles. The molecule has 1 rings (SSSR count). The van der Waals surface area contributed by atoms with E-state index >= 15 is 0 Å². The van der Waals surface area contributed by atoms with Crippen LogP contribution in [0.3, 0.4) is 0 Å². The van der Waals surface area contributed by atoms with Gasteiger partial charge >= 0.3 is 5.97 Å². The lowest BCUT2D eigenvalue weighted by molar-refractivity contribution is -0.145. The number of nitrogens with one attached hydrogen (secondary N) is 1. The van der Waals surface area contributed by atoms with Crippen molar-refractivity contribution in [1.82, 2.24) is 10.3 Å². The van der Waals surface area contributed by atoms with E-state index in [1.54, 1.807) is 11.3 Å². The first-order valence-electron chi connectivity index (χ1n) is 5.95. The third-order valence-corrected chi connectivity index (χ3v) is 3.75. The number of carbonyl (C=O) groups excluding carboxylic acids is 1. The van der Waals surface area contributed by atoms with Gasteiger partial charge < -0.3 is 4.74 Å². The van der Waals surface area contributed by atoms with Crippen molar-refractivity contribution < 1.29 is 9.53 Å². The van der Waals surface area contributed by atoms with Gasteiger partial charge in [0.2, 0.25) is 0 Å². The lowest BCUT2D eigenvalue weighted by Crippen LogP contribution is -2.37. The summed E-state index contributed by atoms with van der Waals surface area (Å²) in [5.74, 6) is -0.216. The van der Waals surface area contributed by atoms with Crippen LogP contribution in [0.2, 0.25) is 0 Å². The Kier molecular flexibility index (Phi) is 5.58. The standard InChI is InChI=1S/C12H20N2O2S/c1-5-10-7-13-11(17-10)8(3)14-9(4)12(15)16-6-2/h7-9,14H,5-6H2,1-4H3. The molecule has 2 atom stereocenters. The Balaban J connectivity index is 2.53. The van der Waals surface area contributed by atoms with Crippen LogP contribution in [0.5, 0.6) is 0 Å². The van der Waals surface area contributed by atoms with Crippen molar-refractivity contribution >= 4 is 17.3 Å². The van der Waals surface area contributed by atoms with Gasteiger partial charge in [-0.25, -0.2) is 4.98 Å². The number of aromatic nitrogens is 1. The highest BCUT2D eigenvalue weighted by molar-refractivity contribution is 7.11. The van der Waals surface area contributed by atoms with Crippen LogP contribution in [-0.4, -0.2) is 23.6 Å². The highest BCUT2D eigenvalue weighted by Gasteiger charge is 2.18. The number of thiazole rings is 1. The molecule has 0 spiro atoms. The third kappa shape index (κ3) is 4.09. The summed E-state index contributed by atoms with van der Waals surface area (Å²) < 4.78 is 4.95. The summed E-state index contributed by atoms with van der Waals surface area (Å²) in [4.78, 5) is 17.1. The normalized spacial score (nSPS) is 14.4. The average molecular weight is 256 g/mol. The minimum atomic E-state index is -0.307. The Morgan fingerprint density at radius 2 is 2.24 bits per heavy atom. The summed E-state index contributed by atoms with van der Waals surface area (Å²) >= 11 is 1.68. The fraction of sp³-hybridized carbons (Fsp3) is 0.667. The van der Waals surface area contributed by atoms with Crippen LogP contribution in [0.1, 0.15) is 43.6 Å². The zero-order valence-electron chi connectivity index (χ0n) is 10.8. The predicted octanol–water partition coefficient (Wildman–Crippen LogP) is 2.31. The maximum absolute atomic E-state index is 11.5. The maximum atomic E-state index is 11.5. The molecule has 0 fully saturated rings. The Morgan fingerprint density at radius 3 is 2.76 bits per heavy atom. The SMILES string of the molecule is CCOC(=O)C(C)NC(C)c1ncc(CC)s1. The van der Waals surface area contributed by atoms with Gasteiger partial charge in [-0.2, -0.15) is 0 Å². The smallest absolute Gasteiger partial charge is 0.322 e. The topological polar surface area (TPSA) is 51.2 Å². The molecule has 0 radical (unpaired) electrons. The number of rotatable bonds is 6. The van der Waals surface area contributed by atoms with E-state index in [4.69, 9.17) is 4.74 Å².